The van der Waals surface area contributed by atoms with Crippen molar-refractivity contribution in [2.75, 3.05) is 13.1 Å². The molecule has 1 fully saturated rings. The Morgan fingerprint density at radius 3 is 2.20 bits per heavy atom. The summed E-state index contributed by atoms with van der Waals surface area (Å²) in [4.78, 5) is 4.57. The summed E-state index contributed by atoms with van der Waals surface area (Å²) >= 11 is 0. The van der Waals surface area contributed by atoms with Crippen LogP contribution in [0.3, 0.4) is 0 Å². The van der Waals surface area contributed by atoms with Crippen molar-refractivity contribution in [3.63, 3.8) is 0 Å². The SMILES string of the molecule is O=S(=O)(c1ccccc1)N1CCC(c2nc(-c3ccc(C(F)(F)F)cc3)no2)CC1. The third-order valence-electron chi connectivity index (χ3n) is 5.10. The molecule has 3 aromatic rings. The molecule has 2 heterocycles. The van der Waals surface area contributed by atoms with Crippen molar-refractivity contribution in [2.45, 2.75) is 29.8 Å². The number of hydrogen-bond donors (Lipinski definition) is 0. The highest BCUT2D eigenvalue weighted by molar-refractivity contribution is 7.89. The average Bonchev–Trinajstić information content (AvgIpc) is 3.24. The summed E-state index contributed by atoms with van der Waals surface area (Å²) in [6, 6.07) is 12.8. The van der Waals surface area contributed by atoms with E-state index in [2.05, 4.69) is 10.1 Å². The quantitative estimate of drug-likeness (QED) is 0.608. The Hall–Kier alpha value is -2.72. The molecule has 0 amide bonds. The highest BCUT2D eigenvalue weighted by Crippen LogP contribution is 2.33. The highest BCUT2D eigenvalue weighted by atomic mass is 32.2. The summed E-state index contributed by atoms with van der Waals surface area (Å²) in [5.41, 5.74) is -0.330. The van der Waals surface area contributed by atoms with Crippen LogP contribution >= 0.6 is 0 Å². The molecule has 30 heavy (non-hydrogen) atoms. The number of sulfonamides is 1. The lowest BCUT2D eigenvalue weighted by atomic mass is 9.98. The van der Waals surface area contributed by atoms with Gasteiger partial charge in [0.25, 0.3) is 0 Å². The van der Waals surface area contributed by atoms with Gasteiger partial charge in [-0.15, -0.1) is 0 Å². The van der Waals surface area contributed by atoms with Gasteiger partial charge in [0.15, 0.2) is 0 Å². The number of rotatable bonds is 4. The predicted octanol–water partition coefficient (Wildman–Crippen LogP) is 4.32. The Morgan fingerprint density at radius 2 is 1.60 bits per heavy atom. The van der Waals surface area contributed by atoms with Crippen molar-refractivity contribution in [1.82, 2.24) is 14.4 Å². The standard InChI is InChI=1S/C20H18F3N3O3S/c21-20(22,23)16-8-6-14(7-9-16)18-24-19(29-25-18)15-10-12-26(13-11-15)30(27,28)17-4-2-1-3-5-17/h1-9,15H,10-13H2. The molecular formula is C20H18F3N3O3S. The van der Waals surface area contributed by atoms with Gasteiger partial charge in [-0.2, -0.15) is 22.5 Å². The molecule has 4 rings (SSSR count). The zero-order valence-corrected chi connectivity index (χ0v) is 16.5. The molecule has 1 aliphatic rings. The van der Waals surface area contributed by atoms with Crippen molar-refractivity contribution in [3.8, 4) is 11.4 Å². The van der Waals surface area contributed by atoms with Gasteiger partial charge in [0.1, 0.15) is 0 Å². The molecular weight excluding hydrogens is 419 g/mol. The Morgan fingerprint density at radius 1 is 0.967 bits per heavy atom. The maximum absolute atomic E-state index is 12.7. The van der Waals surface area contributed by atoms with Gasteiger partial charge < -0.3 is 4.52 Å². The number of halogens is 3. The van der Waals surface area contributed by atoms with Gasteiger partial charge in [-0.3, -0.25) is 0 Å². The maximum Gasteiger partial charge on any atom is 0.416 e. The van der Waals surface area contributed by atoms with Crippen molar-refractivity contribution >= 4 is 10.0 Å². The molecule has 1 aliphatic heterocycles. The smallest absolute Gasteiger partial charge is 0.339 e. The zero-order chi connectivity index (χ0) is 21.4. The average molecular weight is 437 g/mol. The lowest BCUT2D eigenvalue weighted by Crippen LogP contribution is -2.37. The van der Waals surface area contributed by atoms with Crippen LogP contribution in [0.5, 0.6) is 0 Å². The summed E-state index contributed by atoms with van der Waals surface area (Å²) in [5.74, 6) is 0.461. The van der Waals surface area contributed by atoms with Crippen molar-refractivity contribution in [1.29, 1.82) is 0 Å². The Labute approximate surface area is 171 Å². The Bertz CT molecular complexity index is 1110. The van der Waals surface area contributed by atoms with Crippen molar-refractivity contribution < 1.29 is 26.1 Å². The second-order valence-electron chi connectivity index (χ2n) is 7.02. The fourth-order valence-corrected chi connectivity index (χ4v) is 4.90. The minimum Gasteiger partial charge on any atom is -0.339 e. The second-order valence-corrected chi connectivity index (χ2v) is 8.96. The fourth-order valence-electron chi connectivity index (χ4n) is 3.41. The summed E-state index contributed by atoms with van der Waals surface area (Å²) in [6.45, 7) is 0.639. The minimum absolute atomic E-state index is 0.108. The van der Waals surface area contributed by atoms with E-state index in [4.69, 9.17) is 4.52 Å². The largest absolute Gasteiger partial charge is 0.416 e. The number of alkyl halides is 3. The van der Waals surface area contributed by atoms with Gasteiger partial charge in [0.05, 0.1) is 10.5 Å². The summed E-state index contributed by atoms with van der Waals surface area (Å²) in [5, 5.41) is 3.87. The number of aromatic nitrogens is 2. The van der Waals surface area contributed by atoms with E-state index < -0.39 is 21.8 Å². The first-order valence-electron chi connectivity index (χ1n) is 9.31. The first kappa shape index (κ1) is 20.5. The van der Waals surface area contributed by atoms with E-state index in [9.17, 15) is 21.6 Å². The first-order valence-corrected chi connectivity index (χ1v) is 10.8. The van der Waals surface area contributed by atoms with Gasteiger partial charge in [-0.05, 0) is 37.1 Å². The molecule has 10 heteroatoms. The molecule has 0 bridgehead atoms. The van der Waals surface area contributed by atoms with Crippen LogP contribution < -0.4 is 0 Å². The second kappa shape index (κ2) is 7.84. The highest BCUT2D eigenvalue weighted by Gasteiger charge is 2.33. The van der Waals surface area contributed by atoms with E-state index in [-0.39, 0.29) is 16.6 Å². The van der Waals surface area contributed by atoms with Gasteiger partial charge in [-0.1, -0.05) is 35.5 Å². The number of nitrogens with zero attached hydrogens (tertiary/aromatic N) is 3. The van der Waals surface area contributed by atoms with Crippen LogP contribution in [0, 0.1) is 0 Å². The van der Waals surface area contributed by atoms with Crippen LogP contribution in [0.4, 0.5) is 13.2 Å². The molecule has 2 aromatic carbocycles. The van der Waals surface area contributed by atoms with E-state index in [1.807, 2.05) is 0 Å². The molecule has 0 aliphatic carbocycles. The molecule has 0 N–H and O–H groups in total. The topological polar surface area (TPSA) is 76.3 Å². The Kier molecular flexibility index (Phi) is 5.37. The van der Waals surface area contributed by atoms with Crippen LogP contribution in [0.1, 0.15) is 30.2 Å². The molecule has 1 saturated heterocycles. The van der Waals surface area contributed by atoms with Crippen LogP contribution in [0.25, 0.3) is 11.4 Å². The first-order chi connectivity index (χ1) is 14.2. The van der Waals surface area contributed by atoms with Crippen molar-refractivity contribution in [2.24, 2.45) is 0 Å². The third kappa shape index (κ3) is 4.10. The molecule has 0 unspecified atom stereocenters. The lowest BCUT2D eigenvalue weighted by Gasteiger charge is -2.29. The molecule has 158 valence electrons. The molecule has 6 nitrogen and oxygen atoms in total. The Balaban J connectivity index is 1.43. The molecule has 1 aromatic heterocycles. The zero-order valence-electron chi connectivity index (χ0n) is 15.7. The van der Waals surface area contributed by atoms with E-state index in [1.54, 1.807) is 30.3 Å². The maximum atomic E-state index is 12.7. The van der Waals surface area contributed by atoms with Gasteiger partial charge >= 0.3 is 6.18 Å². The minimum atomic E-state index is -4.41. The van der Waals surface area contributed by atoms with Gasteiger partial charge in [-0.25, -0.2) is 8.42 Å². The number of piperidine rings is 1. The summed E-state index contributed by atoms with van der Waals surface area (Å²) in [6.07, 6.45) is -3.38. The van der Waals surface area contributed by atoms with Gasteiger partial charge in [0.2, 0.25) is 21.7 Å². The fraction of sp³-hybridized carbons (Fsp3) is 0.300. The van der Waals surface area contributed by atoms with Crippen LogP contribution in [-0.4, -0.2) is 36.0 Å². The molecule has 0 saturated carbocycles. The summed E-state index contributed by atoms with van der Waals surface area (Å²) in [7, 11) is -3.55. The van der Waals surface area contributed by atoms with E-state index in [0.717, 1.165) is 12.1 Å². The molecule has 0 radical (unpaired) electrons. The van der Waals surface area contributed by atoms with Gasteiger partial charge in [0, 0.05) is 24.6 Å². The van der Waals surface area contributed by atoms with E-state index in [0.29, 0.717) is 37.4 Å². The normalized spacial score (nSPS) is 16.6. The monoisotopic (exact) mass is 437 g/mol. The third-order valence-corrected chi connectivity index (χ3v) is 7.01. The van der Waals surface area contributed by atoms with E-state index in [1.165, 1.54) is 16.4 Å². The number of hydrogen-bond acceptors (Lipinski definition) is 5. The van der Waals surface area contributed by atoms with Crippen LogP contribution in [-0.2, 0) is 16.2 Å². The van der Waals surface area contributed by atoms with E-state index >= 15 is 0 Å². The molecule has 0 atom stereocenters. The van der Waals surface area contributed by atoms with Crippen molar-refractivity contribution in [3.05, 3.63) is 66.1 Å². The van der Waals surface area contributed by atoms with Crippen LogP contribution in [0.2, 0.25) is 0 Å². The summed E-state index contributed by atoms with van der Waals surface area (Å²) < 4.78 is 70.3. The lowest BCUT2D eigenvalue weighted by molar-refractivity contribution is -0.137. The number of benzene rings is 2. The molecule has 0 spiro atoms. The van der Waals surface area contributed by atoms with Crippen LogP contribution in [0.15, 0.2) is 64.0 Å². The predicted molar refractivity (Wildman–Crippen MR) is 102 cm³/mol.